The maximum Gasteiger partial charge on any atom is 0.318 e. The van der Waals surface area contributed by atoms with Gasteiger partial charge in [0.2, 0.25) is 0 Å². The number of carbonyl (C=O) groups excluding carboxylic acids is 1. The van der Waals surface area contributed by atoms with Crippen molar-refractivity contribution in [2.75, 3.05) is 26.4 Å². The molecular formula is C20H28N2O3. The summed E-state index contributed by atoms with van der Waals surface area (Å²) in [5.41, 5.74) is 1.13. The lowest BCUT2D eigenvalue weighted by Gasteiger charge is -2.34. The van der Waals surface area contributed by atoms with Gasteiger partial charge < -0.3 is 19.7 Å². The molecule has 1 aliphatic carbocycles. The number of hydrogen-bond acceptors (Lipinski definition) is 3. The van der Waals surface area contributed by atoms with Gasteiger partial charge in [-0.1, -0.05) is 18.2 Å². The molecule has 1 aromatic carbocycles. The van der Waals surface area contributed by atoms with Gasteiger partial charge in [0.05, 0.1) is 19.3 Å². The van der Waals surface area contributed by atoms with Crippen LogP contribution in [0.3, 0.4) is 0 Å². The lowest BCUT2D eigenvalue weighted by atomic mass is 9.86. The topological polar surface area (TPSA) is 50.8 Å². The SMILES string of the molecule is CC(C)NC(=O)N1C[C@@H](COCC2CC2)[C@@H]2COc3ccccc3[C@@H]21. The van der Waals surface area contributed by atoms with Crippen LogP contribution in [-0.2, 0) is 4.74 Å². The molecule has 0 unspecified atom stereocenters. The second-order valence-corrected chi connectivity index (χ2v) is 7.95. The average molecular weight is 344 g/mol. The summed E-state index contributed by atoms with van der Waals surface area (Å²) in [6.45, 7) is 6.97. The summed E-state index contributed by atoms with van der Waals surface area (Å²) in [5.74, 6) is 2.30. The zero-order valence-electron chi connectivity index (χ0n) is 15.1. The summed E-state index contributed by atoms with van der Waals surface area (Å²) in [6.07, 6.45) is 2.60. The third-order valence-electron chi connectivity index (χ3n) is 5.50. The monoisotopic (exact) mass is 344 g/mol. The first-order valence-corrected chi connectivity index (χ1v) is 9.50. The van der Waals surface area contributed by atoms with E-state index in [2.05, 4.69) is 11.4 Å². The molecule has 2 aliphatic heterocycles. The number of carbonyl (C=O) groups is 1. The number of rotatable bonds is 5. The van der Waals surface area contributed by atoms with Crippen molar-refractivity contribution in [1.82, 2.24) is 10.2 Å². The fourth-order valence-corrected chi connectivity index (χ4v) is 4.04. The molecule has 5 nitrogen and oxygen atoms in total. The quantitative estimate of drug-likeness (QED) is 0.892. The molecule has 2 amide bonds. The predicted molar refractivity (Wildman–Crippen MR) is 95.6 cm³/mol. The summed E-state index contributed by atoms with van der Waals surface area (Å²) in [5, 5.41) is 3.06. The summed E-state index contributed by atoms with van der Waals surface area (Å²) in [4.78, 5) is 14.8. The molecular weight excluding hydrogens is 316 g/mol. The number of nitrogens with zero attached hydrogens (tertiary/aromatic N) is 1. The lowest BCUT2D eigenvalue weighted by Crippen LogP contribution is -2.44. The summed E-state index contributed by atoms with van der Waals surface area (Å²) in [6, 6.07) is 8.34. The molecule has 0 radical (unpaired) electrons. The maximum absolute atomic E-state index is 12.8. The van der Waals surface area contributed by atoms with E-state index >= 15 is 0 Å². The van der Waals surface area contributed by atoms with E-state index in [0.717, 1.165) is 30.4 Å². The van der Waals surface area contributed by atoms with Crippen molar-refractivity contribution in [2.45, 2.75) is 38.8 Å². The van der Waals surface area contributed by atoms with Crippen molar-refractivity contribution >= 4 is 6.03 Å². The van der Waals surface area contributed by atoms with Gasteiger partial charge in [-0.2, -0.15) is 0 Å². The van der Waals surface area contributed by atoms with Crippen LogP contribution in [0.2, 0.25) is 0 Å². The van der Waals surface area contributed by atoms with Gasteiger partial charge in [-0.05, 0) is 38.7 Å². The van der Waals surface area contributed by atoms with Gasteiger partial charge in [0.1, 0.15) is 5.75 Å². The first-order chi connectivity index (χ1) is 12.1. The van der Waals surface area contributed by atoms with Crippen LogP contribution in [0, 0.1) is 17.8 Å². The molecule has 2 heterocycles. The molecule has 136 valence electrons. The van der Waals surface area contributed by atoms with Crippen LogP contribution in [0.4, 0.5) is 4.79 Å². The number of nitrogens with one attached hydrogen (secondary N) is 1. The zero-order chi connectivity index (χ0) is 17.4. The van der Waals surface area contributed by atoms with Crippen LogP contribution < -0.4 is 10.1 Å². The Hall–Kier alpha value is -1.75. The number of urea groups is 1. The highest BCUT2D eigenvalue weighted by atomic mass is 16.5. The minimum absolute atomic E-state index is 0.0198. The van der Waals surface area contributed by atoms with E-state index in [9.17, 15) is 4.79 Å². The average Bonchev–Trinajstić information content (AvgIpc) is 3.33. The molecule has 5 heteroatoms. The van der Waals surface area contributed by atoms with Crippen LogP contribution >= 0.6 is 0 Å². The van der Waals surface area contributed by atoms with Gasteiger partial charge in [-0.15, -0.1) is 0 Å². The molecule has 1 saturated carbocycles. The van der Waals surface area contributed by atoms with Crippen LogP contribution in [-0.4, -0.2) is 43.3 Å². The molecule has 2 fully saturated rings. The number of amides is 2. The van der Waals surface area contributed by atoms with Gasteiger partial charge in [0.25, 0.3) is 0 Å². The highest BCUT2D eigenvalue weighted by molar-refractivity contribution is 5.76. The third kappa shape index (κ3) is 3.47. The number of para-hydroxylation sites is 1. The predicted octanol–water partition coefficient (Wildman–Crippen LogP) is 3.21. The van der Waals surface area contributed by atoms with Crippen LogP contribution in [0.25, 0.3) is 0 Å². The van der Waals surface area contributed by atoms with Gasteiger partial charge in [0.15, 0.2) is 0 Å². The Morgan fingerprint density at radius 1 is 1.32 bits per heavy atom. The molecule has 1 saturated heterocycles. The van der Waals surface area contributed by atoms with Crippen molar-refractivity contribution in [3.8, 4) is 5.75 Å². The van der Waals surface area contributed by atoms with Gasteiger partial charge in [-0.3, -0.25) is 0 Å². The van der Waals surface area contributed by atoms with E-state index in [1.54, 1.807) is 0 Å². The van der Waals surface area contributed by atoms with Crippen molar-refractivity contribution in [1.29, 1.82) is 0 Å². The Labute approximate surface area is 149 Å². The molecule has 3 atom stereocenters. The van der Waals surface area contributed by atoms with Crippen LogP contribution in [0.1, 0.15) is 38.3 Å². The molecule has 1 N–H and O–H groups in total. The van der Waals surface area contributed by atoms with E-state index in [4.69, 9.17) is 9.47 Å². The van der Waals surface area contributed by atoms with E-state index in [1.165, 1.54) is 12.8 Å². The highest BCUT2D eigenvalue weighted by Crippen LogP contribution is 2.47. The number of fused-ring (bicyclic) bond motifs is 3. The fraction of sp³-hybridized carbons (Fsp3) is 0.650. The molecule has 0 bridgehead atoms. The summed E-state index contributed by atoms with van der Waals surface area (Å²) >= 11 is 0. The van der Waals surface area contributed by atoms with Crippen molar-refractivity contribution in [3.63, 3.8) is 0 Å². The Bertz CT molecular complexity index is 629. The Balaban J connectivity index is 1.54. The summed E-state index contributed by atoms with van der Waals surface area (Å²) in [7, 11) is 0. The summed E-state index contributed by atoms with van der Waals surface area (Å²) < 4.78 is 12.0. The molecule has 0 spiro atoms. The smallest absolute Gasteiger partial charge is 0.318 e. The standard InChI is InChI=1S/C20H28N2O3/c1-13(2)21-20(23)22-9-15(11-24-10-14-7-8-14)17-12-25-18-6-4-3-5-16(18)19(17)22/h3-6,13-15,17,19H,7-12H2,1-2H3,(H,21,23)/t15-,17-,19-/m0/s1. The van der Waals surface area contributed by atoms with Crippen LogP contribution in [0.5, 0.6) is 5.75 Å². The van der Waals surface area contributed by atoms with E-state index in [1.807, 2.05) is 36.9 Å². The normalized spacial score (nSPS) is 27.6. The largest absolute Gasteiger partial charge is 0.493 e. The highest BCUT2D eigenvalue weighted by Gasteiger charge is 2.48. The van der Waals surface area contributed by atoms with E-state index in [-0.39, 0.29) is 18.1 Å². The first-order valence-electron chi connectivity index (χ1n) is 9.50. The second-order valence-electron chi connectivity index (χ2n) is 7.95. The van der Waals surface area contributed by atoms with E-state index in [0.29, 0.717) is 25.0 Å². The fourth-order valence-electron chi connectivity index (χ4n) is 4.04. The zero-order valence-corrected chi connectivity index (χ0v) is 15.1. The van der Waals surface area contributed by atoms with E-state index < -0.39 is 0 Å². The number of likely N-dealkylation sites (tertiary alicyclic amines) is 1. The van der Waals surface area contributed by atoms with Gasteiger partial charge in [-0.25, -0.2) is 4.79 Å². The number of ether oxygens (including phenoxy) is 2. The number of benzene rings is 1. The second kappa shape index (κ2) is 6.87. The minimum atomic E-state index is 0.0198. The third-order valence-corrected chi connectivity index (χ3v) is 5.50. The van der Waals surface area contributed by atoms with Crippen molar-refractivity contribution in [3.05, 3.63) is 29.8 Å². The Morgan fingerprint density at radius 2 is 2.12 bits per heavy atom. The molecule has 25 heavy (non-hydrogen) atoms. The van der Waals surface area contributed by atoms with Gasteiger partial charge in [0, 0.05) is 36.6 Å². The molecule has 0 aromatic heterocycles. The lowest BCUT2D eigenvalue weighted by molar-refractivity contribution is 0.0643. The molecule has 3 aliphatic rings. The molecule has 4 rings (SSSR count). The first kappa shape index (κ1) is 16.7. The maximum atomic E-state index is 12.8. The number of hydrogen-bond donors (Lipinski definition) is 1. The Kier molecular flexibility index (Phi) is 4.59. The van der Waals surface area contributed by atoms with Crippen molar-refractivity contribution in [2.24, 2.45) is 17.8 Å². The van der Waals surface area contributed by atoms with Gasteiger partial charge >= 0.3 is 6.03 Å². The Morgan fingerprint density at radius 3 is 2.88 bits per heavy atom. The minimum Gasteiger partial charge on any atom is -0.493 e. The van der Waals surface area contributed by atoms with Crippen molar-refractivity contribution < 1.29 is 14.3 Å². The molecule has 1 aromatic rings. The van der Waals surface area contributed by atoms with Crippen LogP contribution in [0.15, 0.2) is 24.3 Å².